The molecule has 4 aliphatic heterocycles. The van der Waals surface area contributed by atoms with Crippen molar-refractivity contribution in [1.82, 2.24) is 34.1 Å². The molecule has 4 atom stereocenters. The third-order valence-electron chi connectivity index (χ3n) is 12.5. The normalized spacial score (nSPS) is 24.7. The SMILES string of the molecule is Cn1cc(CC(=O)N2C3CCC2CN(c2nc(OC[C@@]45CCCN4C[C@H](F)C5)nc4c(F)c(-c5ccc(F)c6sc(N)c(C#N)c56)n(C5CC5)c(=O)c24)C3)cn1. The highest BCUT2D eigenvalue weighted by Crippen LogP contribution is 2.46. The van der Waals surface area contributed by atoms with Crippen molar-refractivity contribution in [3.63, 3.8) is 0 Å². The number of amides is 1. The Morgan fingerprint density at radius 2 is 1.88 bits per heavy atom. The average Bonchev–Trinajstić information content (AvgIpc) is 3.34. The summed E-state index contributed by atoms with van der Waals surface area (Å²) in [5.74, 6) is -1.24. The fourth-order valence-corrected chi connectivity index (χ4v) is 10.9. The van der Waals surface area contributed by atoms with Crippen LogP contribution in [0.5, 0.6) is 6.01 Å². The maximum Gasteiger partial charge on any atom is 0.319 e. The number of fused-ring (bicyclic) bond motifs is 5. The summed E-state index contributed by atoms with van der Waals surface area (Å²) in [6.45, 7) is 1.87. The molecule has 1 saturated carbocycles. The van der Waals surface area contributed by atoms with E-state index in [0.29, 0.717) is 38.9 Å². The van der Waals surface area contributed by atoms with Gasteiger partial charge in [-0.05, 0) is 62.8 Å². The number of hydrogen-bond acceptors (Lipinski definition) is 11. The Morgan fingerprint density at radius 1 is 1.11 bits per heavy atom. The first-order chi connectivity index (χ1) is 27.0. The van der Waals surface area contributed by atoms with Crippen LogP contribution in [0.2, 0.25) is 0 Å². The third kappa shape index (κ3) is 5.47. The van der Waals surface area contributed by atoms with Crippen molar-refractivity contribution >= 4 is 49.1 Å². The smallest absolute Gasteiger partial charge is 0.319 e. The number of pyridine rings is 1. The summed E-state index contributed by atoms with van der Waals surface area (Å²) in [6, 6.07) is 3.79. The zero-order chi connectivity index (χ0) is 38.6. The van der Waals surface area contributed by atoms with Gasteiger partial charge in [0.15, 0.2) is 5.82 Å². The van der Waals surface area contributed by atoms with Gasteiger partial charge in [0, 0.05) is 68.4 Å². The van der Waals surface area contributed by atoms with Gasteiger partial charge in [-0.1, -0.05) is 0 Å². The number of rotatable bonds is 8. The molecule has 1 aliphatic carbocycles. The van der Waals surface area contributed by atoms with Crippen molar-refractivity contribution in [2.24, 2.45) is 7.05 Å². The molecule has 290 valence electrons. The zero-order valence-electron chi connectivity index (χ0n) is 30.7. The molecular formula is C39H39F3N10O3S. The van der Waals surface area contributed by atoms with E-state index in [-0.39, 0.29) is 91.7 Å². The Morgan fingerprint density at radius 3 is 2.59 bits per heavy atom. The number of aryl methyl sites for hydroxylation is 1. The summed E-state index contributed by atoms with van der Waals surface area (Å²) in [5, 5.41) is 14.5. The summed E-state index contributed by atoms with van der Waals surface area (Å²) in [6.07, 6.45) is 7.43. The number of carbonyl (C=O) groups is 1. The monoisotopic (exact) mass is 784 g/mol. The van der Waals surface area contributed by atoms with Crippen LogP contribution >= 0.6 is 11.3 Å². The number of carbonyl (C=O) groups excluding carboxylic acids is 1. The Bertz CT molecular complexity index is 2550. The van der Waals surface area contributed by atoms with Crippen LogP contribution in [-0.4, -0.2) is 96.6 Å². The third-order valence-corrected chi connectivity index (χ3v) is 13.5. The number of nitriles is 1. The molecule has 2 unspecified atom stereocenters. The maximum atomic E-state index is 17.7. The highest BCUT2D eigenvalue weighted by molar-refractivity contribution is 7.23. The van der Waals surface area contributed by atoms with Crippen molar-refractivity contribution in [2.45, 2.75) is 81.2 Å². The van der Waals surface area contributed by atoms with Gasteiger partial charge >= 0.3 is 6.01 Å². The highest BCUT2D eigenvalue weighted by Gasteiger charge is 2.50. The molecule has 5 fully saturated rings. The van der Waals surface area contributed by atoms with E-state index in [1.54, 1.807) is 17.9 Å². The van der Waals surface area contributed by atoms with Gasteiger partial charge in [-0.3, -0.25) is 19.2 Å². The lowest BCUT2D eigenvalue weighted by Gasteiger charge is -2.42. The average molecular weight is 785 g/mol. The lowest BCUT2D eigenvalue weighted by molar-refractivity contribution is -0.133. The molecule has 56 heavy (non-hydrogen) atoms. The number of anilines is 2. The molecule has 5 aliphatic rings. The van der Waals surface area contributed by atoms with Crippen LogP contribution in [0.3, 0.4) is 0 Å². The van der Waals surface area contributed by atoms with Crippen LogP contribution in [0, 0.1) is 23.0 Å². The molecular weight excluding hydrogens is 746 g/mol. The standard InChI is InChI=1S/C39H39F3N10O3S/c1-48-15-20(14-45-48)11-28(53)51-23-5-6-24(51)18-49(17-23)36-30-32(46-38(47-36)55-19-39-9-2-10-50(39)16-21(40)12-39)31(42)33(52(37(30)54)22-3-4-22)25-7-8-27(41)34-29(25)26(13-43)35(44)56-34/h7-8,14-15,21-24H,2-6,9-12,16-19,44H2,1H3/t21-,23?,24?,39+/m1/s1. The number of ether oxygens (including phenoxy) is 1. The molecule has 0 spiro atoms. The second-order valence-corrected chi connectivity index (χ2v) is 17.1. The van der Waals surface area contributed by atoms with Crippen LogP contribution < -0.4 is 20.9 Å². The number of nitrogens with two attached hydrogens (primary N) is 1. The van der Waals surface area contributed by atoms with Crippen molar-refractivity contribution in [2.75, 3.05) is 43.4 Å². The number of nitrogen functional groups attached to an aromatic ring is 1. The first kappa shape index (κ1) is 35.2. The fourth-order valence-electron chi connectivity index (χ4n) is 9.90. The number of hydrogen-bond donors (Lipinski definition) is 1. The summed E-state index contributed by atoms with van der Waals surface area (Å²) in [4.78, 5) is 44.1. The van der Waals surface area contributed by atoms with E-state index in [2.05, 4.69) is 21.1 Å². The number of benzene rings is 1. The Labute approximate surface area is 323 Å². The summed E-state index contributed by atoms with van der Waals surface area (Å²) >= 11 is 0.897. The predicted molar refractivity (Wildman–Crippen MR) is 203 cm³/mol. The van der Waals surface area contributed by atoms with E-state index in [0.717, 1.165) is 49.1 Å². The zero-order valence-corrected chi connectivity index (χ0v) is 31.5. The Hall–Kier alpha value is -5.21. The molecule has 10 rings (SSSR count). The van der Waals surface area contributed by atoms with Gasteiger partial charge in [-0.2, -0.15) is 20.3 Å². The first-order valence-corrected chi connectivity index (χ1v) is 20.0. The van der Waals surface area contributed by atoms with Gasteiger partial charge < -0.3 is 24.8 Å². The number of alkyl halides is 1. The van der Waals surface area contributed by atoms with Crippen LogP contribution in [0.25, 0.3) is 32.2 Å². The van der Waals surface area contributed by atoms with Crippen molar-refractivity contribution in [1.29, 1.82) is 5.26 Å². The summed E-state index contributed by atoms with van der Waals surface area (Å²) < 4.78 is 57.1. The summed E-state index contributed by atoms with van der Waals surface area (Å²) in [7, 11) is 1.81. The van der Waals surface area contributed by atoms with Crippen molar-refractivity contribution < 1.29 is 22.7 Å². The second kappa shape index (κ2) is 12.9. The largest absolute Gasteiger partial charge is 0.461 e. The van der Waals surface area contributed by atoms with E-state index >= 15 is 8.78 Å². The number of piperazine rings is 1. The minimum absolute atomic E-state index is 0.00647. The Kier molecular flexibility index (Phi) is 8.12. The Balaban J connectivity index is 1.12. The minimum atomic E-state index is -0.988. The number of aromatic nitrogens is 5. The van der Waals surface area contributed by atoms with E-state index in [9.17, 15) is 19.2 Å². The molecule has 1 aromatic carbocycles. The van der Waals surface area contributed by atoms with Gasteiger partial charge in [-0.25, -0.2) is 13.2 Å². The first-order valence-electron chi connectivity index (χ1n) is 19.2. The molecule has 0 radical (unpaired) electrons. The second-order valence-electron chi connectivity index (χ2n) is 16.0. The minimum Gasteiger partial charge on any atom is -0.461 e. The van der Waals surface area contributed by atoms with Crippen LogP contribution in [-0.2, 0) is 18.3 Å². The molecule has 17 heteroatoms. The van der Waals surface area contributed by atoms with E-state index in [1.165, 1.54) is 16.7 Å². The van der Waals surface area contributed by atoms with Gasteiger partial charge in [-0.15, -0.1) is 11.3 Å². The molecule has 8 heterocycles. The van der Waals surface area contributed by atoms with E-state index in [1.807, 2.05) is 16.0 Å². The molecule has 4 saturated heterocycles. The van der Waals surface area contributed by atoms with Crippen LogP contribution in [0.1, 0.15) is 62.1 Å². The van der Waals surface area contributed by atoms with E-state index < -0.39 is 28.9 Å². The maximum absolute atomic E-state index is 17.7. The molecule has 2 N–H and O–H groups in total. The lowest BCUT2D eigenvalue weighted by Crippen LogP contribution is -2.56. The molecule has 4 aromatic heterocycles. The lowest BCUT2D eigenvalue weighted by atomic mass is 9.95. The fraction of sp³-hybridized carbons (Fsp3) is 0.487. The van der Waals surface area contributed by atoms with Crippen LogP contribution in [0.15, 0.2) is 29.3 Å². The van der Waals surface area contributed by atoms with Gasteiger partial charge in [0.05, 0.1) is 34.1 Å². The molecule has 5 aromatic rings. The van der Waals surface area contributed by atoms with Gasteiger partial charge in [0.2, 0.25) is 5.91 Å². The van der Waals surface area contributed by atoms with Gasteiger partial charge in [0.1, 0.15) is 46.4 Å². The quantitative estimate of drug-likeness (QED) is 0.231. The number of thiophene rings is 1. The molecule has 13 nitrogen and oxygen atoms in total. The predicted octanol–water partition coefficient (Wildman–Crippen LogP) is 4.85. The van der Waals surface area contributed by atoms with Gasteiger partial charge in [0.25, 0.3) is 5.56 Å². The molecule has 2 bridgehead atoms. The van der Waals surface area contributed by atoms with Crippen LogP contribution in [0.4, 0.5) is 24.0 Å². The topological polar surface area (TPSA) is 151 Å². The summed E-state index contributed by atoms with van der Waals surface area (Å²) in [5.41, 5.74) is 5.73. The van der Waals surface area contributed by atoms with Crippen molar-refractivity contribution in [3.05, 3.63) is 57.6 Å². The molecule has 1 amide bonds. The number of halogens is 3. The van der Waals surface area contributed by atoms with Crippen molar-refractivity contribution in [3.8, 4) is 23.3 Å². The van der Waals surface area contributed by atoms with E-state index in [4.69, 9.17) is 15.5 Å². The highest BCUT2D eigenvalue weighted by atomic mass is 32.1. The number of nitrogens with zero attached hydrogens (tertiary/aromatic N) is 9.